The molecule has 1 fully saturated rings. The summed E-state index contributed by atoms with van der Waals surface area (Å²) >= 11 is 0. The van der Waals surface area contributed by atoms with Crippen molar-refractivity contribution in [3.63, 3.8) is 0 Å². The first kappa shape index (κ1) is 22.8. The number of phenolic OH excluding ortho intramolecular Hbond substituents is 1. The first-order valence-electron chi connectivity index (χ1n) is 12.6. The van der Waals surface area contributed by atoms with E-state index in [0.29, 0.717) is 30.6 Å². The van der Waals surface area contributed by atoms with Crippen LogP contribution in [0.1, 0.15) is 38.3 Å². The standard InChI is InChI=1S/C29H31N5O2/c1-32-9-11-33(12-10-32)17-21-7-8-22-18-34(19-23(22)13-21)29(36)25-15-24-26(14-20-5-3-2-4-6-20)30-31-27(24)16-28(25)35/h2-8,13,15-16,35H,9-12,14,17-19H2,1H3,(H,30,31). The Morgan fingerprint density at radius 3 is 2.53 bits per heavy atom. The Balaban J connectivity index is 1.20. The molecule has 1 amide bonds. The van der Waals surface area contributed by atoms with Gasteiger partial charge in [-0.1, -0.05) is 48.5 Å². The lowest BCUT2D eigenvalue weighted by atomic mass is 10.0. The number of carbonyl (C=O) groups is 1. The van der Waals surface area contributed by atoms with Crippen LogP contribution in [0, 0.1) is 0 Å². The fourth-order valence-corrected chi connectivity index (χ4v) is 5.33. The number of rotatable bonds is 5. The van der Waals surface area contributed by atoms with E-state index in [-0.39, 0.29) is 11.7 Å². The van der Waals surface area contributed by atoms with Crippen molar-refractivity contribution < 1.29 is 9.90 Å². The minimum Gasteiger partial charge on any atom is -0.507 e. The number of nitrogens with zero attached hydrogens (tertiary/aromatic N) is 4. The highest BCUT2D eigenvalue weighted by molar-refractivity contribution is 6.01. The van der Waals surface area contributed by atoms with E-state index in [1.165, 1.54) is 16.7 Å². The van der Waals surface area contributed by atoms with Crippen LogP contribution >= 0.6 is 0 Å². The maximum absolute atomic E-state index is 13.5. The number of fused-ring (bicyclic) bond motifs is 2. The quantitative estimate of drug-likeness (QED) is 0.454. The molecule has 36 heavy (non-hydrogen) atoms. The van der Waals surface area contributed by atoms with Gasteiger partial charge in [0, 0.05) is 69.4 Å². The second-order valence-corrected chi connectivity index (χ2v) is 10.1. The number of benzene rings is 3. The SMILES string of the molecule is CN1CCN(Cc2ccc3c(c2)CN(C(=O)c2cc4c(Cc5ccccc5)[nH]nc4cc2O)C3)CC1. The van der Waals surface area contributed by atoms with Gasteiger partial charge in [0.2, 0.25) is 0 Å². The normalized spacial score (nSPS) is 16.5. The predicted molar refractivity (Wildman–Crippen MR) is 140 cm³/mol. The van der Waals surface area contributed by atoms with E-state index in [2.05, 4.69) is 57.4 Å². The lowest BCUT2D eigenvalue weighted by molar-refractivity contribution is 0.0748. The van der Waals surface area contributed by atoms with Gasteiger partial charge in [-0.25, -0.2) is 0 Å². The number of carbonyl (C=O) groups excluding carboxylic acids is 1. The summed E-state index contributed by atoms with van der Waals surface area (Å²) in [5, 5.41) is 19.0. The lowest BCUT2D eigenvalue weighted by Gasteiger charge is -2.32. The van der Waals surface area contributed by atoms with Gasteiger partial charge in [0.25, 0.3) is 5.91 Å². The summed E-state index contributed by atoms with van der Waals surface area (Å²) in [6.07, 6.45) is 0.682. The van der Waals surface area contributed by atoms with Crippen LogP contribution in [0.4, 0.5) is 0 Å². The van der Waals surface area contributed by atoms with Crippen LogP contribution in [0.15, 0.2) is 60.7 Å². The first-order valence-corrected chi connectivity index (χ1v) is 12.6. The number of likely N-dealkylation sites (N-methyl/N-ethyl adjacent to an activating group) is 1. The van der Waals surface area contributed by atoms with Crippen LogP contribution in [0.2, 0.25) is 0 Å². The molecule has 3 heterocycles. The molecular weight excluding hydrogens is 450 g/mol. The van der Waals surface area contributed by atoms with Crippen molar-refractivity contribution in [1.29, 1.82) is 0 Å². The zero-order valence-electron chi connectivity index (χ0n) is 20.6. The van der Waals surface area contributed by atoms with Crippen LogP contribution in [0.25, 0.3) is 10.9 Å². The summed E-state index contributed by atoms with van der Waals surface area (Å²) in [5.41, 5.74) is 6.75. The van der Waals surface area contributed by atoms with E-state index in [0.717, 1.165) is 49.4 Å². The monoisotopic (exact) mass is 481 g/mol. The Hall–Kier alpha value is -3.68. The van der Waals surface area contributed by atoms with E-state index < -0.39 is 0 Å². The van der Waals surface area contributed by atoms with Gasteiger partial charge in [0.15, 0.2) is 0 Å². The van der Waals surface area contributed by atoms with E-state index in [1.54, 1.807) is 12.1 Å². The zero-order chi connectivity index (χ0) is 24.6. The second kappa shape index (κ2) is 9.41. The summed E-state index contributed by atoms with van der Waals surface area (Å²) in [4.78, 5) is 20.2. The van der Waals surface area contributed by atoms with Crippen molar-refractivity contribution in [2.75, 3.05) is 33.2 Å². The highest BCUT2D eigenvalue weighted by Crippen LogP contribution is 2.31. The number of phenols is 1. The second-order valence-electron chi connectivity index (χ2n) is 10.1. The van der Waals surface area contributed by atoms with Crippen molar-refractivity contribution in [2.45, 2.75) is 26.1 Å². The van der Waals surface area contributed by atoms with Gasteiger partial charge >= 0.3 is 0 Å². The van der Waals surface area contributed by atoms with Gasteiger partial charge in [-0.3, -0.25) is 14.8 Å². The molecule has 4 aromatic rings. The molecule has 0 radical (unpaired) electrons. The Bertz CT molecular complexity index is 1410. The van der Waals surface area contributed by atoms with E-state index in [4.69, 9.17) is 0 Å². The molecule has 0 unspecified atom stereocenters. The van der Waals surface area contributed by atoms with Crippen molar-refractivity contribution in [1.82, 2.24) is 24.9 Å². The number of piperazine rings is 1. The van der Waals surface area contributed by atoms with Gasteiger partial charge in [-0.05, 0) is 35.4 Å². The molecule has 2 aliphatic heterocycles. The molecule has 1 saturated heterocycles. The zero-order valence-corrected chi connectivity index (χ0v) is 20.6. The maximum atomic E-state index is 13.5. The topological polar surface area (TPSA) is 75.7 Å². The van der Waals surface area contributed by atoms with Crippen molar-refractivity contribution in [2.24, 2.45) is 0 Å². The molecule has 0 spiro atoms. The Morgan fingerprint density at radius 1 is 0.944 bits per heavy atom. The molecule has 184 valence electrons. The highest BCUT2D eigenvalue weighted by Gasteiger charge is 2.27. The van der Waals surface area contributed by atoms with Gasteiger partial charge < -0.3 is 14.9 Å². The van der Waals surface area contributed by atoms with Crippen LogP contribution in [-0.2, 0) is 26.1 Å². The average molecular weight is 482 g/mol. The van der Waals surface area contributed by atoms with E-state index in [1.807, 2.05) is 23.1 Å². The van der Waals surface area contributed by atoms with Gasteiger partial charge in [0.1, 0.15) is 5.75 Å². The number of amides is 1. The summed E-state index contributed by atoms with van der Waals surface area (Å²) in [6, 6.07) is 20.1. The summed E-state index contributed by atoms with van der Waals surface area (Å²) in [7, 11) is 2.17. The number of nitrogens with one attached hydrogen (secondary N) is 1. The summed E-state index contributed by atoms with van der Waals surface area (Å²) in [5.74, 6) is -0.185. The molecule has 7 heteroatoms. The smallest absolute Gasteiger partial charge is 0.258 e. The van der Waals surface area contributed by atoms with Crippen LogP contribution in [-0.4, -0.2) is 69.1 Å². The number of hydrogen-bond donors (Lipinski definition) is 2. The number of H-pyrrole nitrogens is 1. The predicted octanol–water partition coefficient (Wildman–Crippen LogP) is 3.76. The molecule has 3 aromatic carbocycles. The number of aromatic amines is 1. The van der Waals surface area contributed by atoms with Gasteiger partial charge in [-0.15, -0.1) is 0 Å². The highest BCUT2D eigenvalue weighted by atomic mass is 16.3. The molecular formula is C29H31N5O2. The Kier molecular flexibility index (Phi) is 5.95. The van der Waals surface area contributed by atoms with E-state index >= 15 is 0 Å². The molecule has 0 aliphatic carbocycles. The maximum Gasteiger partial charge on any atom is 0.258 e. The fraction of sp³-hybridized carbons (Fsp3) is 0.310. The first-order chi connectivity index (χ1) is 17.5. The van der Waals surface area contributed by atoms with Crippen LogP contribution in [0.5, 0.6) is 5.75 Å². The summed E-state index contributed by atoms with van der Waals surface area (Å²) < 4.78 is 0. The molecule has 2 aliphatic rings. The van der Waals surface area contributed by atoms with Crippen LogP contribution in [0.3, 0.4) is 0 Å². The minimum absolute atomic E-state index is 0.0306. The Morgan fingerprint density at radius 2 is 1.72 bits per heavy atom. The Labute approximate surface area is 210 Å². The molecule has 0 atom stereocenters. The van der Waals surface area contributed by atoms with Crippen molar-refractivity contribution in [3.8, 4) is 5.75 Å². The number of aromatic hydroxyl groups is 1. The van der Waals surface area contributed by atoms with Crippen LogP contribution < -0.4 is 0 Å². The molecule has 2 N–H and O–H groups in total. The largest absolute Gasteiger partial charge is 0.507 e. The van der Waals surface area contributed by atoms with E-state index in [9.17, 15) is 9.90 Å². The average Bonchev–Trinajstić information content (AvgIpc) is 3.48. The lowest BCUT2D eigenvalue weighted by Crippen LogP contribution is -2.43. The van der Waals surface area contributed by atoms with Crippen molar-refractivity contribution in [3.05, 3.63) is 94.2 Å². The minimum atomic E-state index is -0.155. The molecule has 0 saturated carbocycles. The van der Waals surface area contributed by atoms with Crippen molar-refractivity contribution >= 4 is 16.8 Å². The third-order valence-electron chi connectivity index (χ3n) is 7.49. The number of aromatic nitrogens is 2. The fourth-order valence-electron chi connectivity index (χ4n) is 5.33. The number of hydrogen-bond acceptors (Lipinski definition) is 5. The molecule has 6 rings (SSSR count). The third-order valence-corrected chi connectivity index (χ3v) is 7.49. The molecule has 0 bridgehead atoms. The van der Waals surface area contributed by atoms with Gasteiger partial charge in [0.05, 0.1) is 11.1 Å². The molecule has 1 aromatic heterocycles. The molecule has 7 nitrogen and oxygen atoms in total. The third kappa shape index (κ3) is 4.47. The summed E-state index contributed by atoms with van der Waals surface area (Å²) in [6.45, 7) is 6.43. The van der Waals surface area contributed by atoms with Gasteiger partial charge in [-0.2, -0.15) is 5.10 Å².